The molecule has 8 heteroatoms. The van der Waals surface area contributed by atoms with Gasteiger partial charge in [-0.2, -0.15) is 4.31 Å². The lowest BCUT2D eigenvalue weighted by Crippen LogP contribution is -2.52. The van der Waals surface area contributed by atoms with Crippen LogP contribution >= 0.6 is 0 Å². The van der Waals surface area contributed by atoms with Crippen molar-refractivity contribution in [2.75, 3.05) is 32.7 Å². The van der Waals surface area contributed by atoms with Crippen LogP contribution in [0.2, 0.25) is 0 Å². The molecule has 1 aliphatic rings. The van der Waals surface area contributed by atoms with Gasteiger partial charge >= 0.3 is 0 Å². The van der Waals surface area contributed by atoms with Crippen molar-refractivity contribution in [3.8, 4) is 0 Å². The van der Waals surface area contributed by atoms with Crippen LogP contribution in [-0.4, -0.2) is 62.2 Å². The van der Waals surface area contributed by atoms with E-state index in [0.717, 1.165) is 16.7 Å². The highest BCUT2D eigenvalue weighted by atomic mass is 32.2. The third-order valence-electron chi connectivity index (χ3n) is 5.18. The van der Waals surface area contributed by atoms with Crippen LogP contribution < -0.4 is 5.32 Å². The smallest absolute Gasteiger partial charge is 0.243 e. The molecule has 7 nitrogen and oxygen atoms in total. The molecule has 30 heavy (non-hydrogen) atoms. The fraction of sp³-hybridized carbons (Fsp3) is 0.364. The number of aryl methyl sites for hydroxylation is 2. The zero-order valence-corrected chi connectivity index (χ0v) is 18.1. The lowest BCUT2D eigenvalue weighted by Gasteiger charge is -2.34. The normalized spacial score (nSPS) is 15.1. The lowest BCUT2D eigenvalue weighted by molar-refractivity contribution is -0.133. The van der Waals surface area contributed by atoms with Crippen molar-refractivity contribution in [1.82, 2.24) is 14.5 Å². The second-order valence-electron chi connectivity index (χ2n) is 7.49. The molecule has 1 N–H and O–H groups in total. The van der Waals surface area contributed by atoms with Gasteiger partial charge in [-0.3, -0.25) is 9.59 Å². The summed E-state index contributed by atoms with van der Waals surface area (Å²) in [4.78, 5) is 26.3. The summed E-state index contributed by atoms with van der Waals surface area (Å²) in [6.45, 7) is 4.70. The molecule has 0 aliphatic carbocycles. The fourth-order valence-corrected chi connectivity index (χ4v) is 5.16. The highest BCUT2D eigenvalue weighted by Gasteiger charge is 2.31. The highest BCUT2D eigenvalue weighted by molar-refractivity contribution is 7.89. The molecule has 1 saturated heterocycles. The second kappa shape index (κ2) is 9.40. The first-order valence-corrected chi connectivity index (χ1v) is 11.4. The number of hydrogen-bond acceptors (Lipinski definition) is 4. The van der Waals surface area contributed by atoms with Gasteiger partial charge in [-0.1, -0.05) is 48.0 Å². The predicted molar refractivity (Wildman–Crippen MR) is 114 cm³/mol. The van der Waals surface area contributed by atoms with Crippen LogP contribution in [0.15, 0.2) is 53.4 Å². The van der Waals surface area contributed by atoms with Crippen molar-refractivity contribution < 1.29 is 18.0 Å². The molecule has 1 aliphatic heterocycles. The summed E-state index contributed by atoms with van der Waals surface area (Å²) in [6.07, 6.45) is 0.218. The van der Waals surface area contributed by atoms with Gasteiger partial charge < -0.3 is 10.2 Å². The SMILES string of the molecule is Cc1ccc(S(=O)(=O)N2CCN(C(=O)CNC(=O)Cc3ccccc3)CC2)c(C)c1. The minimum Gasteiger partial charge on any atom is -0.347 e. The van der Waals surface area contributed by atoms with E-state index < -0.39 is 10.0 Å². The molecule has 0 saturated carbocycles. The van der Waals surface area contributed by atoms with Crippen molar-refractivity contribution in [3.05, 3.63) is 65.2 Å². The summed E-state index contributed by atoms with van der Waals surface area (Å²) >= 11 is 0. The van der Waals surface area contributed by atoms with Gasteiger partial charge in [-0.25, -0.2) is 8.42 Å². The van der Waals surface area contributed by atoms with E-state index in [1.807, 2.05) is 43.3 Å². The maximum atomic E-state index is 12.9. The molecule has 0 radical (unpaired) electrons. The summed E-state index contributed by atoms with van der Waals surface area (Å²) in [7, 11) is -3.59. The van der Waals surface area contributed by atoms with E-state index in [1.165, 1.54) is 4.31 Å². The Balaban J connectivity index is 1.51. The molecule has 2 aromatic carbocycles. The topological polar surface area (TPSA) is 86.8 Å². The molecule has 0 aromatic heterocycles. The molecular formula is C22H27N3O4S. The Morgan fingerprint density at radius 1 is 0.967 bits per heavy atom. The molecule has 0 spiro atoms. The number of sulfonamides is 1. The van der Waals surface area contributed by atoms with Gasteiger partial charge in [0.1, 0.15) is 0 Å². The van der Waals surface area contributed by atoms with E-state index in [-0.39, 0.29) is 37.9 Å². The number of amides is 2. The largest absolute Gasteiger partial charge is 0.347 e. The summed E-state index contributed by atoms with van der Waals surface area (Å²) in [5.74, 6) is -0.425. The molecule has 3 rings (SSSR count). The summed E-state index contributed by atoms with van der Waals surface area (Å²) in [6, 6.07) is 14.6. The van der Waals surface area contributed by atoms with Crippen LogP contribution in [0, 0.1) is 13.8 Å². The quantitative estimate of drug-likeness (QED) is 0.754. The molecule has 2 amide bonds. The summed E-state index contributed by atoms with van der Waals surface area (Å²) < 4.78 is 27.3. The Kier molecular flexibility index (Phi) is 6.89. The van der Waals surface area contributed by atoms with Crippen molar-refractivity contribution in [1.29, 1.82) is 0 Å². The monoisotopic (exact) mass is 429 g/mol. The molecular weight excluding hydrogens is 402 g/mol. The van der Waals surface area contributed by atoms with Crippen LogP contribution in [0.25, 0.3) is 0 Å². The molecule has 2 aromatic rings. The number of rotatable bonds is 6. The van der Waals surface area contributed by atoms with Crippen LogP contribution in [0.5, 0.6) is 0 Å². The maximum Gasteiger partial charge on any atom is 0.243 e. The van der Waals surface area contributed by atoms with E-state index in [2.05, 4.69) is 5.32 Å². The molecule has 0 atom stereocenters. The van der Waals surface area contributed by atoms with Gasteiger partial charge in [0.2, 0.25) is 21.8 Å². The highest BCUT2D eigenvalue weighted by Crippen LogP contribution is 2.22. The van der Waals surface area contributed by atoms with Gasteiger partial charge in [0.15, 0.2) is 0 Å². The summed E-state index contributed by atoms with van der Waals surface area (Å²) in [5.41, 5.74) is 2.61. The number of piperazine rings is 1. The standard InChI is InChI=1S/C22H27N3O4S/c1-17-8-9-20(18(2)14-17)30(28,29)25-12-10-24(11-13-25)22(27)16-23-21(26)15-19-6-4-3-5-7-19/h3-9,14H,10-13,15-16H2,1-2H3,(H,23,26). The number of carbonyl (C=O) groups excluding carboxylic acids is 2. The van der Waals surface area contributed by atoms with Crippen molar-refractivity contribution in [2.45, 2.75) is 25.2 Å². The Bertz CT molecular complexity index is 1010. The van der Waals surface area contributed by atoms with Crippen LogP contribution in [0.4, 0.5) is 0 Å². The predicted octanol–water partition coefficient (Wildman–Crippen LogP) is 1.50. The maximum absolute atomic E-state index is 12.9. The minimum absolute atomic E-state index is 0.0878. The Labute approximate surface area is 177 Å². The van der Waals surface area contributed by atoms with Gasteiger partial charge in [0.05, 0.1) is 17.9 Å². The summed E-state index contributed by atoms with van der Waals surface area (Å²) in [5, 5.41) is 2.65. The number of hydrogen-bond donors (Lipinski definition) is 1. The van der Waals surface area contributed by atoms with Crippen molar-refractivity contribution in [2.24, 2.45) is 0 Å². The zero-order chi connectivity index (χ0) is 21.7. The second-order valence-corrected chi connectivity index (χ2v) is 9.40. The van der Waals surface area contributed by atoms with E-state index in [9.17, 15) is 18.0 Å². The Morgan fingerprint density at radius 3 is 2.27 bits per heavy atom. The molecule has 1 heterocycles. The van der Waals surface area contributed by atoms with E-state index >= 15 is 0 Å². The van der Waals surface area contributed by atoms with Crippen LogP contribution in [-0.2, 0) is 26.0 Å². The Hall–Kier alpha value is -2.71. The zero-order valence-electron chi connectivity index (χ0n) is 17.3. The fourth-order valence-electron chi connectivity index (χ4n) is 3.54. The van der Waals surface area contributed by atoms with Gasteiger partial charge in [-0.05, 0) is 31.0 Å². The lowest BCUT2D eigenvalue weighted by atomic mass is 10.1. The third-order valence-corrected chi connectivity index (χ3v) is 7.24. The average Bonchev–Trinajstić information content (AvgIpc) is 2.72. The van der Waals surface area contributed by atoms with Crippen molar-refractivity contribution in [3.63, 3.8) is 0 Å². The molecule has 1 fully saturated rings. The van der Waals surface area contributed by atoms with E-state index in [0.29, 0.717) is 18.0 Å². The molecule has 160 valence electrons. The van der Waals surface area contributed by atoms with Crippen molar-refractivity contribution >= 4 is 21.8 Å². The number of carbonyl (C=O) groups is 2. The molecule has 0 bridgehead atoms. The Morgan fingerprint density at radius 2 is 1.63 bits per heavy atom. The first-order valence-electron chi connectivity index (χ1n) is 9.93. The molecule has 0 unspecified atom stereocenters. The van der Waals surface area contributed by atoms with Gasteiger partial charge in [0.25, 0.3) is 0 Å². The third kappa shape index (κ3) is 5.25. The van der Waals surface area contributed by atoms with Crippen LogP contribution in [0.1, 0.15) is 16.7 Å². The first kappa shape index (κ1) is 22.0. The van der Waals surface area contributed by atoms with Gasteiger partial charge in [0, 0.05) is 26.2 Å². The van der Waals surface area contributed by atoms with Gasteiger partial charge in [-0.15, -0.1) is 0 Å². The average molecular weight is 430 g/mol. The van der Waals surface area contributed by atoms with E-state index in [1.54, 1.807) is 24.0 Å². The van der Waals surface area contributed by atoms with E-state index in [4.69, 9.17) is 0 Å². The number of nitrogens with zero attached hydrogens (tertiary/aromatic N) is 2. The first-order chi connectivity index (χ1) is 14.3. The number of nitrogens with one attached hydrogen (secondary N) is 1. The number of benzene rings is 2. The van der Waals surface area contributed by atoms with Crippen LogP contribution in [0.3, 0.4) is 0 Å². The minimum atomic E-state index is -3.59.